The molecule has 0 aliphatic heterocycles. The summed E-state index contributed by atoms with van der Waals surface area (Å²) in [6.07, 6.45) is 0. The van der Waals surface area contributed by atoms with Gasteiger partial charge in [-0.3, -0.25) is 14.9 Å². The van der Waals surface area contributed by atoms with Gasteiger partial charge in [-0.2, -0.15) is 0 Å². The van der Waals surface area contributed by atoms with E-state index in [2.05, 4.69) is 5.32 Å². The predicted octanol–water partition coefficient (Wildman–Crippen LogP) is 4.33. The van der Waals surface area contributed by atoms with Gasteiger partial charge in [-0.15, -0.1) is 0 Å². The monoisotopic (exact) mass is 382 g/mol. The lowest BCUT2D eigenvalue weighted by atomic mass is 10.1. The quantitative estimate of drug-likeness (QED) is 0.471. The van der Waals surface area contributed by atoms with Crippen molar-refractivity contribution in [2.45, 2.75) is 6.92 Å². The molecule has 0 saturated heterocycles. The van der Waals surface area contributed by atoms with Gasteiger partial charge in [0.2, 0.25) is 0 Å². The van der Waals surface area contributed by atoms with Crippen LogP contribution in [0.4, 0.5) is 11.4 Å². The highest BCUT2D eigenvalue weighted by Crippen LogP contribution is 2.25. The number of rotatable bonds is 5. The number of benzene rings is 2. The zero-order valence-corrected chi connectivity index (χ0v) is 14.4. The first kappa shape index (κ1) is 18.7. The van der Waals surface area contributed by atoms with Gasteiger partial charge >= 0.3 is 5.97 Å². The fraction of sp³-hybridized carbons (Fsp3) is 0.125. The van der Waals surface area contributed by atoms with Crippen molar-refractivity contribution in [2.75, 3.05) is 11.9 Å². The number of amides is 1. The van der Waals surface area contributed by atoms with Crippen LogP contribution in [0, 0.1) is 10.1 Å². The lowest BCUT2D eigenvalue weighted by Crippen LogP contribution is -2.13. The van der Waals surface area contributed by atoms with Gasteiger partial charge in [-0.05, 0) is 31.2 Å². The summed E-state index contributed by atoms with van der Waals surface area (Å²) in [5, 5.41) is 13.4. The lowest BCUT2D eigenvalue weighted by molar-refractivity contribution is -0.384. The fourth-order valence-corrected chi connectivity index (χ4v) is 2.42. The van der Waals surface area contributed by atoms with Gasteiger partial charge in [-0.25, -0.2) is 4.79 Å². The number of ether oxygens (including phenoxy) is 1. The van der Waals surface area contributed by atoms with E-state index in [-0.39, 0.29) is 33.5 Å². The van der Waals surface area contributed by atoms with Crippen molar-refractivity contribution in [3.8, 4) is 0 Å². The van der Waals surface area contributed by atoms with Crippen molar-refractivity contribution in [2.24, 2.45) is 0 Å². The topological polar surface area (TPSA) is 98.5 Å². The number of nitro benzene ring substituents is 1. The van der Waals surface area contributed by atoms with Gasteiger partial charge in [0.1, 0.15) is 0 Å². The molecule has 9 heteroatoms. The Bertz CT molecular complexity index is 854. The highest BCUT2D eigenvalue weighted by atomic mass is 35.5. The van der Waals surface area contributed by atoms with Crippen LogP contribution in [0.25, 0.3) is 0 Å². The molecule has 0 aliphatic rings. The number of halogens is 2. The third kappa shape index (κ3) is 4.46. The summed E-state index contributed by atoms with van der Waals surface area (Å²) in [5.41, 5.74) is 0.237. The molecule has 0 aromatic heterocycles. The Balaban J connectivity index is 2.25. The summed E-state index contributed by atoms with van der Waals surface area (Å²) in [6.45, 7) is 1.85. The van der Waals surface area contributed by atoms with Crippen LogP contribution in [-0.4, -0.2) is 23.4 Å². The number of esters is 1. The first-order valence-electron chi connectivity index (χ1n) is 7.05. The molecule has 0 bridgehead atoms. The standard InChI is InChI=1S/C16H12Cl2N2O5/c1-2-25-16(22)12-7-9(3-6-13(12)17)19-15(21)11-5-4-10(20(23)24)8-14(11)18/h3-8H,2H2,1H3,(H,19,21). The number of nitrogens with zero attached hydrogens (tertiary/aromatic N) is 1. The summed E-state index contributed by atoms with van der Waals surface area (Å²) in [7, 11) is 0. The van der Waals surface area contributed by atoms with Crippen LogP contribution >= 0.6 is 23.2 Å². The average molecular weight is 383 g/mol. The summed E-state index contributed by atoms with van der Waals surface area (Å²) >= 11 is 11.9. The normalized spacial score (nSPS) is 10.2. The highest BCUT2D eigenvalue weighted by molar-refractivity contribution is 6.35. The summed E-state index contributed by atoms with van der Waals surface area (Å²) in [6, 6.07) is 7.83. The molecule has 2 aromatic carbocycles. The van der Waals surface area contributed by atoms with Crippen LogP contribution < -0.4 is 5.32 Å². The number of carbonyl (C=O) groups is 2. The fourth-order valence-electron chi connectivity index (χ4n) is 1.97. The van der Waals surface area contributed by atoms with E-state index >= 15 is 0 Å². The predicted molar refractivity (Wildman–Crippen MR) is 93.5 cm³/mol. The molecule has 0 aliphatic carbocycles. The lowest BCUT2D eigenvalue weighted by Gasteiger charge is -2.09. The first-order valence-corrected chi connectivity index (χ1v) is 7.81. The number of hydrogen-bond donors (Lipinski definition) is 1. The number of anilines is 1. The third-order valence-corrected chi connectivity index (χ3v) is 3.77. The van der Waals surface area contributed by atoms with Gasteiger partial charge in [0.25, 0.3) is 11.6 Å². The van der Waals surface area contributed by atoms with Crippen molar-refractivity contribution in [1.29, 1.82) is 0 Å². The summed E-state index contributed by atoms with van der Waals surface area (Å²) < 4.78 is 4.89. The second-order valence-electron chi connectivity index (χ2n) is 4.79. The third-order valence-electron chi connectivity index (χ3n) is 3.13. The van der Waals surface area contributed by atoms with E-state index in [1.54, 1.807) is 6.92 Å². The number of nitro groups is 1. The van der Waals surface area contributed by atoms with Crippen LogP contribution in [-0.2, 0) is 4.74 Å². The molecule has 0 atom stereocenters. The van der Waals surface area contributed by atoms with E-state index in [4.69, 9.17) is 27.9 Å². The maximum atomic E-state index is 12.3. The summed E-state index contributed by atoms with van der Waals surface area (Å²) in [4.78, 5) is 34.2. The maximum Gasteiger partial charge on any atom is 0.339 e. The van der Waals surface area contributed by atoms with Crippen LogP contribution in [0.1, 0.15) is 27.6 Å². The zero-order valence-electron chi connectivity index (χ0n) is 12.9. The molecule has 0 heterocycles. The van der Waals surface area contributed by atoms with E-state index in [0.717, 1.165) is 6.07 Å². The summed E-state index contributed by atoms with van der Waals surface area (Å²) in [5.74, 6) is -1.20. The van der Waals surface area contributed by atoms with Crippen molar-refractivity contribution < 1.29 is 19.2 Å². The second kappa shape index (κ2) is 7.96. The van der Waals surface area contributed by atoms with E-state index < -0.39 is 16.8 Å². The van der Waals surface area contributed by atoms with Crippen LogP contribution in [0.5, 0.6) is 0 Å². The largest absolute Gasteiger partial charge is 0.462 e. The number of nitrogens with one attached hydrogen (secondary N) is 1. The zero-order chi connectivity index (χ0) is 18.6. The highest BCUT2D eigenvalue weighted by Gasteiger charge is 2.17. The molecule has 130 valence electrons. The minimum atomic E-state index is -0.614. The Kier molecular flexibility index (Phi) is 5.95. The Hall–Kier alpha value is -2.64. The second-order valence-corrected chi connectivity index (χ2v) is 5.60. The average Bonchev–Trinajstić information content (AvgIpc) is 2.56. The molecule has 2 aromatic rings. The van der Waals surface area contributed by atoms with E-state index in [1.165, 1.54) is 30.3 Å². The molecule has 0 unspecified atom stereocenters. The molecule has 0 radical (unpaired) electrons. The molecule has 2 rings (SSSR count). The van der Waals surface area contributed by atoms with Crippen LogP contribution in [0.3, 0.4) is 0 Å². The van der Waals surface area contributed by atoms with Crippen LogP contribution in [0.2, 0.25) is 10.0 Å². The van der Waals surface area contributed by atoms with Gasteiger partial charge in [0.05, 0.1) is 32.7 Å². The Morgan fingerprint density at radius 1 is 1.12 bits per heavy atom. The molecular weight excluding hydrogens is 371 g/mol. The molecule has 0 saturated carbocycles. The number of hydrogen-bond acceptors (Lipinski definition) is 5. The molecule has 0 fully saturated rings. The van der Waals surface area contributed by atoms with Crippen molar-refractivity contribution >= 4 is 46.5 Å². The van der Waals surface area contributed by atoms with Gasteiger partial charge in [-0.1, -0.05) is 23.2 Å². The molecular formula is C16H12Cl2N2O5. The van der Waals surface area contributed by atoms with Crippen molar-refractivity contribution in [3.63, 3.8) is 0 Å². The van der Waals surface area contributed by atoms with Gasteiger partial charge < -0.3 is 10.1 Å². The maximum absolute atomic E-state index is 12.3. The number of non-ortho nitro benzene ring substituents is 1. The minimum Gasteiger partial charge on any atom is -0.462 e. The van der Waals surface area contributed by atoms with E-state index in [9.17, 15) is 19.7 Å². The van der Waals surface area contributed by atoms with Gasteiger partial charge in [0.15, 0.2) is 0 Å². The molecule has 25 heavy (non-hydrogen) atoms. The van der Waals surface area contributed by atoms with E-state index in [0.29, 0.717) is 5.69 Å². The van der Waals surface area contributed by atoms with Crippen LogP contribution in [0.15, 0.2) is 36.4 Å². The number of carbonyl (C=O) groups excluding carboxylic acids is 2. The smallest absolute Gasteiger partial charge is 0.339 e. The Morgan fingerprint density at radius 3 is 2.44 bits per heavy atom. The molecule has 1 N–H and O–H groups in total. The molecule has 7 nitrogen and oxygen atoms in total. The van der Waals surface area contributed by atoms with E-state index in [1.807, 2.05) is 0 Å². The van der Waals surface area contributed by atoms with Crippen molar-refractivity contribution in [1.82, 2.24) is 0 Å². The molecule has 1 amide bonds. The Morgan fingerprint density at radius 2 is 1.84 bits per heavy atom. The molecule has 0 spiro atoms. The minimum absolute atomic E-state index is 0.0555. The first-order chi connectivity index (χ1) is 11.8. The Labute approximate surface area is 152 Å². The van der Waals surface area contributed by atoms with Crippen molar-refractivity contribution in [3.05, 3.63) is 67.7 Å². The van der Waals surface area contributed by atoms with Gasteiger partial charge in [0, 0.05) is 17.8 Å². The SMILES string of the molecule is CCOC(=O)c1cc(NC(=O)c2ccc([N+](=O)[O-])cc2Cl)ccc1Cl.